The fraction of sp³-hybridized carbons (Fsp3) is 0.476. The van der Waals surface area contributed by atoms with Gasteiger partial charge in [0.25, 0.3) is 0 Å². The molecule has 3 unspecified atom stereocenters. The first kappa shape index (κ1) is 37.6. The molecule has 16 heteroatoms. The van der Waals surface area contributed by atoms with Crippen LogP contribution in [0.1, 0.15) is 69.0 Å². The van der Waals surface area contributed by atoms with Crippen molar-refractivity contribution in [1.29, 1.82) is 0 Å². The van der Waals surface area contributed by atoms with E-state index in [-0.39, 0.29) is 44.5 Å². The highest BCUT2D eigenvalue weighted by Gasteiger charge is 2.64. The number of nitrogens with one attached hydrogen (secondary N) is 1. The summed E-state index contributed by atoms with van der Waals surface area (Å²) in [5.41, 5.74) is 2.11. The number of fused-ring (bicyclic) bond motifs is 8. The van der Waals surface area contributed by atoms with Crippen LogP contribution in [0.5, 0.6) is 34.5 Å². The van der Waals surface area contributed by atoms with Crippen molar-refractivity contribution in [2.75, 3.05) is 53.6 Å². The number of ether oxygens (including phenoxy) is 6. The summed E-state index contributed by atoms with van der Waals surface area (Å²) in [6.45, 7) is 4.62. The summed E-state index contributed by atoms with van der Waals surface area (Å²) in [5, 5.41) is 39.6. The molecule has 1 spiro atoms. The normalized spacial score (nSPS) is 30.6. The maximum absolute atomic E-state index is 15.0. The number of hydrogen-bond donors (Lipinski definition) is 4. The molecular formula is C42H45N3O12S. The third-order valence-electron chi connectivity index (χ3n) is 12.9. The Hall–Kier alpha value is -4.71. The van der Waals surface area contributed by atoms with E-state index in [0.717, 1.165) is 22.1 Å². The molecule has 4 N–H and O–H groups in total. The second-order valence-electron chi connectivity index (χ2n) is 16.3. The number of likely N-dealkylation sites (N-methyl/N-ethyl adjacent to an activating group) is 1. The molecular weight excluding hydrogens is 771 g/mol. The molecule has 0 amide bonds. The predicted octanol–water partition coefficient (Wildman–Crippen LogP) is 3.82. The highest BCUT2D eigenvalue weighted by Crippen LogP contribution is 2.65. The molecule has 8 atom stereocenters. The summed E-state index contributed by atoms with van der Waals surface area (Å²) >= 11 is 1.42. The highest BCUT2D eigenvalue weighted by atomic mass is 32.2. The molecule has 8 aliphatic rings. The van der Waals surface area contributed by atoms with E-state index in [9.17, 15) is 20.1 Å². The molecule has 15 nitrogen and oxygen atoms in total. The van der Waals surface area contributed by atoms with Gasteiger partial charge in [0, 0.05) is 70.9 Å². The van der Waals surface area contributed by atoms with Crippen LogP contribution in [0.2, 0.25) is 0 Å². The number of furan rings is 1. The number of hydrogen-bond acceptors (Lipinski definition) is 16. The van der Waals surface area contributed by atoms with Gasteiger partial charge in [-0.1, -0.05) is 6.07 Å². The fourth-order valence-corrected chi connectivity index (χ4v) is 12.4. The van der Waals surface area contributed by atoms with Crippen LogP contribution < -0.4 is 29.0 Å². The minimum absolute atomic E-state index is 0.00861. The van der Waals surface area contributed by atoms with Crippen molar-refractivity contribution in [3.8, 4) is 34.5 Å². The van der Waals surface area contributed by atoms with Gasteiger partial charge in [0.2, 0.25) is 6.79 Å². The maximum atomic E-state index is 15.0. The number of nitrogens with zero attached hydrogens (tertiary/aromatic N) is 2. The molecule has 1 aromatic heterocycles. The van der Waals surface area contributed by atoms with Crippen LogP contribution in [0, 0.1) is 13.8 Å². The molecule has 8 aliphatic heterocycles. The van der Waals surface area contributed by atoms with Gasteiger partial charge >= 0.3 is 11.9 Å². The average molecular weight is 816 g/mol. The van der Waals surface area contributed by atoms with Gasteiger partial charge in [-0.3, -0.25) is 19.9 Å². The van der Waals surface area contributed by atoms with E-state index in [4.69, 9.17) is 32.8 Å². The average Bonchev–Trinajstić information content (AvgIpc) is 3.78. The van der Waals surface area contributed by atoms with Crippen LogP contribution in [-0.2, 0) is 32.7 Å². The zero-order valence-corrected chi connectivity index (χ0v) is 33.8. The second kappa shape index (κ2) is 13.1. The Morgan fingerprint density at radius 1 is 1.07 bits per heavy atom. The maximum Gasteiger partial charge on any atom is 0.335 e. The number of aliphatic hydroxyl groups excluding tert-OH is 1. The van der Waals surface area contributed by atoms with Gasteiger partial charge in [0.05, 0.1) is 38.2 Å². The van der Waals surface area contributed by atoms with Crippen LogP contribution in [0.15, 0.2) is 28.7 Å². The van der Waals surface area contributed by atoms with E-state index in [0.29, 0.717) is 68.8 Å². The van der Waals surface area contributed by atoms with Gasteiger partial charge in [-0.2, -0.15) is 0 Å². The Morgan fingerprint density at radius 2 is 1.86 bits per heavy atom. The number of esters is 2. The third kappa shape index (κ3) is 5.05. The zero-order chi connectivity index (χ0) is 40.6. The number of methoxy groups -OCH3 is 2. The first-order valence-electron chi connectivity index (χ1n) is 19.4. The highest BCUT2D eigenvalue weighted by molar-refractivity contribution is 7.99. The molecule has 2 fully saturated rings. The standard InChI is InChI=1S/C42H45N3O12S/c1-18-9-21-12-41(50)15-44(4)31(28(21)33(48)34(18)52-6)32-38-30-29(37-36(54-17-55-37)19(2)35(30)56-20(3)47)26(45(32)41)14-53-40(49)42(16-58-38)39-25(10-22(13-46)43-42)24-11-23(51-5)7-8-27(24)57-39/h7-9,11,22,26,31-32,38,43,46,48,50H,10,12-17H2,1-6H3/t22-,26-,31?,32+,38+,41?,42+/m0/s1. The Morgan fingerprint density at radius 3 is 2.60 bits per heavy atom. The third-order valence-corrected chi connectivity index (χ3v) is 14.4. The van der Waals surface area contributed by atoms with Gasteiger partial charge in [0.1, 0.15) is 35.2 Å². The lowest BCUT2D eigenvalue weighted by molar-refractivity contribution is -0.215. The molecule has 12 rings (SSSR count). The van der Waals surface area contributed by atoms with E-state index in [1.807, 2.05) is 37.9 Å². The lowest BCUT2D eigenvalue weighted by atomic mass is 9.78. The molecule has 0 saturated carbocycles. The summed E-state index contributed by atoms with van der Waals surface area (Å²) in [6, 6.07) is 4.88. The van der Waals surface area contributed by atoms with Crippen LogP contribution in [0.4, 0.5) is 0 Å². The van der Waals surface area contributed by atoms with Crippen molar-refractivity contribution in [3.05, 3.63) is 69.0 Å². The van der Waals surface area contributed by atoms with Crippen molar-refractivity contribution in [1.82, 2.24) is 15.1 Å². The molecule has 58 heavy (non-hydrogen) atoms. The van der Waals surface area contributed by atoms with E-state index < -0.39 is 52.6 Å². The smallest absolute Gasteiger partial charge is 0.335 e. The molecule has 306 valence electrons. The summed E-state index contributed by atoms with van der Waals surface area (Å²) < 4.78 is 42.8. The monoisotopic (exact) mass is 815 g/mol. The molecule has 0 aliphatic carbocycles. The van der Waals surface area contributed by atoms with Crippen molar-refractivity contribution in [2.24, 2.45) is 0 Å². The van der Waals surface area contributed by atoms with Crippen molar-refractivity contribution in [2.45, 2.75) is 74.3 Å². The fourth-order valence-electron chi connectivity index (χ4n) is 10.8. The van der Waals surface area contributed by atoms with Gasteiger partial charge < -0.3 is 48.2 Å². The number of carbonyl (C=O) groups excluding carboxylic acids is 2. The first-order valence-corrected chi connectivity index (χ1v) is 20.4. The quantitative estimate of drug-likeness (QED) is 0.172. The topological polar surface area (TPSA) is 182 Å². The lowest BCUT2D eigenvalue weighted by Crippen LogP contribution is -2.70. The lowest BCUT2D eigenvalue weighted by Gasteiger charge is -2.60. The van der Waals surface area contributed by atoms with E-state index >= 15 is 4.79 Å². The number of phenols is 1. The van der Waals surface area contributed by atoms with E-state index in [2.05, 4.69) is 10.2 Å². The molecule has 3 aromatic carbocycles. The van der Waals surface area contributed by atoms with E-state index in [1.54, 1.807) is 19.2 Å². The van der Waals surface area contributed by atoms with E-state index in [1.165, 1.54) is 25.8 Å². The summed E-state index contributed by atoms with van der Waals surface area (Å²) in [4.78, 5) is 32.1. The van der Waals surface area contributed by atoms with Crippen molar-refractivity contribution >= 4 is 34.7 Å². The molecule has 4 bridgehead atoms. The van der Waals surface area contributed by atoms with Crippen LogP contribution in [-0.4, -0.2) is 108 Å². The second-order valence-corrected chi connectivity index (χ2v) is 17.4. The number of aryl methyl sites for hydroxylation is 1. The van der Waals surface area contributed by atoms with Crippen LogP contribution >= 0.6 is 11.8 Å². The zero-order valence-electron chi connectivity index (χ0n) is 33.0. The Bertz CT molecular complexity index is 2440. The largest absolute Gasteiger partial charge is 0.504 e. The van der Waals surface area contributed by atoms with Gasteiger partial charge in [0.15, 0.2) is 28.5 Å². The molecule has 4 aromatic rings. The minimum atomic E-state index is -1.58. The van der Waals surface area contributed by atoms with Gasteiger partial charge in [-0.25, -0.2) is 4.79 Å². The number of carbonyl (C=O) groups is 2. The molecule has 2 saturated heterocycles. The predicted molar refractivity (Wildman–Crippen MR) is 209 cm³/mol. The number of aromatic hydroxyl groups is 1. The first-order chi connectivity index (χ1) is 27.8. The number of thioether (sulfide) groups is 1. The number of phenolic OH excluding ortho intramolecular Hbond substituents is 1. The molecule has 9 heterocycles. The number of piperazine rings is 1. The number of aliphatic hydroxyl groups is 2. The van der Waals surface area contributed by atoms with Crippen LogP contribution in [0.3, 0.4) is 0 Å². The Balaban J connectivity index is 1.25. The van der Waals surface area contributed by atoms with Crippen molar-refractivity contribution < 1.29 is 57.7 Å². The van der Waals surface area contributed by atoms with Gasteiger partial charge in [-0.05, 0) is 56.6 Å². The summed E-state index contributed by atoms with van der Waals surface area (Å²) in [7, 11) is 5.03. The number of rotatable bonds is 4. The SMILES string of the molecule is COc1ccc2oc3c(c2c1)C[C@@H](CO)N[C@]31CS[C@@H]2c3c(OC(C)=O)c(C)c4c(c3[C@H](COC1=O)N1[C@@H]2C2c3c(cc(C)c(OC)c3O)CC1(O)CN2C)OCO4. The summed E-state index contributed by atoms with van der Waals surface area (Å²) in [5.74, 6) is 1.37. The Kier molecular flexibility index (Phi) is 8.51. The minimum Gasteiger partial charge on any atom is -0.504 e. The van der Waals surface area contributed by atoms with Crippen molar-refractivity contribution in [3.63, 3.8) is 0 Å². The summed E-state index contributed by atoms with van der Waals surface area (Å²) in [6.07, 6.45) is 0.528. The number of benzene rings is 3. The van der Waals surface area contributed by atoms with Crippen LogP contribution in [0.25, 0.3) is 11.0 Å². The Labute approximate surface area is 338 Å². The molecule has 0 radical (unpaired) electrons. The van der Waals surface area contributed by atoms with Gasteiger partial charge in [-0.15, -0.1) is 11.8 Å².